The average Bonchev–Trinajstić information content (AvgIpc) is 2.48. The van der Waals surface area contributed by atoms with Crippen LogP contribution in [0.2, 0.25) is 0 Å². The first-order valence-electron chi connectivity index (χ1n) is 7.50. The molecule has 3 atom stereocenters. The van der Waals surface area contributed by atoms with Crippen LogP contribution in [0.3, 0.4) is 0 Å². The highest BCUT2D eigenvalue weighted by Crippen LogP contribution is 2.07. The van der Waals surface area contributed by atoms with Crippen molar-refractivity contribution in [2.24, 2.45) is 11.7 Å². The van der Waals surface area contributed by atoms with Crippen molar-refractivity contribution >= 4 is 36.4 Å². The molecule has 0 fully saturated rings. The summed E-state index contributed by atoms with van der Waals surface area (Å²) in [5.41, 5.74) is 5.51. The number of thiol groups is 1. The fourth-order valence-electron chi connectivity index (χ4n) is 1.86. The first-order chi connectivity index (χ1) is 11.1. The number of rotatable bonds is 11. The number of carbonyl (C=O) groups is 4. The summed E-state index contributed by atoms with van der Waals surface area (Å²) in [6, 6.07) is -3.27. The van der Waals surface area contributed by atoms with Gasteiger partial charge in [-0.15, -0.1) is 0 Å². The van der Waals surface area contributed by atoms with Crippen LogP contribution in [0, 0.1) is 5.92 Å². The van der Waals surface area contributed by atoms with Gasteiger partial charge in [-0.1, -0.05) is 13.8 Å². The lowest BCUT2D eigenvalue weighted by Gasteiger charge is -2.23. The van der Waals surface area contributed by atoms with Gasteiger partial charge >= 0.3 is 11.9 Å². The van der Waals surface area contributed by atoms with Crippen LogP contribution in [0.15, 0.2) is 0 Å². The van der Waals surface area contributed by atoms with Crippen molar-refractivity contribution < 1.29 is 29.4 Å². The van der Waals surface area contributed by atoms with E-state index in [9.17, 15) is 19.2 Å². The molecule has 0 aliphatic carbocycles. The third-order valence-corrected chi connectivity index (χ3v) is 3.53. The predicted molar refractivity (Wildman–Crippen MR) is 89.7 cm³/mol. The monoisotopic (exact) mass is 363 g/mol. The van der Waals surface area contributed by atoms with Crippen LogP contribution in [0.4, 0.5) is 0 Å². The largest absolute Gasteiger partial charge is 0.481 e. The van der Waals surface area contributed by atoms with Crippen molar-refractivity contribution in [3.8, 4) is 0 Å². The molecule has 9 nitrogen and oxygen atoms in total. The molecule has 2 amide bonds. The zero-order valence-corrected chi connectivity index (χ0v) is 14.6. The van der Waals surface area contributed by atoms with E-state index >= 15 is 0 Å². The smallest absolute Gasteiger partial charge is 0.326 e. The van der Waals surface area contributed by atoms with Crippen molar-refractivity contribution in [1.29, 1.82) is 0 Å². The van der Waals surface area contributed by atoms with Crippen molar-refractivity contribution in [3.05, 3.63) is 0 Å². The van der Waals surface area contributed by atoms with Gasteiger partial charge in [0.25, 0.3) is 0 Å². The number of carboxylic acid groups (broad SMARTS) is 2. The molecule has 0 rings (SSSR count). The number of nitrogens with one attached hydrogen (secondary N) is 2. The SMILES string of the molecule is CC(C)CC(NC(=O)C(CCC(=O)O)NC(=O)C(N)CS)C(=O)O. The number of hydrogen-bond acceptors (Lipinski definition) is 6. The molecule has 0 aromatic rings. The van der Waals surface area contributed by atoms with Crippen LogP contribution in [-0.2, 0) is 19.2 Å². The second-order valence-corrected chi connectivity index (χ2v) is 6.18. The molecule has 0 radical (unpaired) electrons. The Morgan fingerprint density at radius 3 is 2.00 bits per heavy atom. The summed E-state index contributed by atoms with van der Waals surface area (Å²) in [4.78, 5) is 46.0. The Balaban J connectivity index is 5.02. The molecule has 0 aromatic heterocycles. The van der Waals surface area contributed by atoms with E-state index in [-0.39, 0.29) is 30.9 Å². The van der Waals surface area contributed by atoms with E-state index in [1.54, 1.807) is 13.8 Å². The highest BCUT2D eigenvalue weighted by molar-refractivity contribution is 7.80. The summed E-state index contributed by atoms with van der Waals surface area (Å²) in [5.74, 6) is -3.69. The Bertz CT molecular complexity index is 471. The summed E-state index contributed by atoms with van der Waals surface area (Å²) in [7, 11) is 0. The molecule has 0 aliphatic rings. The van der Waals surface area contributed by atoms with Gasteiger partial charge in [0, 0.05) is 12.2 Å². The minimum atomic E-state index is -1.20. The van der Waals surface area contributed by atoms with Gasteiger partial charge in [0.05, 0.1) is 6.04 Å². The minimum Gasteiger partial charge on any atom is -0.481 e. The number of amides is 2. The maximum absolute atomic E-state index is 12.3. The lowest BCUT2D eigenvalue weighted by molar-refractivity contribution is -0.143. The van der Waals surface area contributed by atoms with Gasteiger partial charge in [-0.3, -0.25) is 14.4 Å². The molecular weight excluding hydrogens is 338 g/mol. The number of carboxylic acids is 2. The molecule has 0 heterocycles. The van der Waals surface area contributed by atoms with Gasteiger partial charge in [-0.25, -0.2) is 4.79 Å². The lowest BCUT2D eigenvalue weighted by Crippen LogP contribution is -2.55. The highest BCUT2D eigenvalue weighted by atomic mass is 32.1. The van der Waals surface area contributed by atoms with Crippen molar-refractivity contribution in [1.82, 2.24) is 10.6 Å². The number of aliphatic carboxylic acids is 2. The normalized spacial score (nSPS) is 14.5. The van der Waals surface area contributed by atoms with E-state index in [1.807, 2.05) is 0 Å². The topological polar surface area (TPSA) is 159 Å². The minimum absolute atomic E-state index is 0.0241. The summed E-state index contributed by atoms with van der Waals surface area (Å²) in [5, 5.41) is 22.6. The lowest BCUT2D eigenvalue weighted by atomic mass is 10.0. The maximum atomic E-state index is 12.3. The van der Waals surface area contributed by atoms with Crippen LogP contribution in [0.5, 0.6) is 0 Å². The van der Waals surface area contributed by atoms with Crippen molar-refractivity contribution in [2.75, 3.05) is 5.75 Å². The van der Waals surface area contributed by atoms with Crippen LogP contribution < -0.4 is 16.4 Å². The van der Waals surface area contributed by atoms with Crippen molar-refractivity contribution in [2.45, 2.75) is 51.2 Å². The second-order valence-electron chi connectivity index (χ2n) is 5.81. The molecule has 0 aromatic carbocycles. The molecule has 6 N–H and O–H groups in total. The summed E-state index contributed by atoms with van der Waals surface area (Å²) in [6.07, 6.45) is -0.340. The quantitative estimate of drug-likeness (QED) is 0.262. The third-order valence-electron chi connectivity index (χ3n) is 3.14. The van der Waals surface area contributed by atoms with E-state index in [0.29, 0.717) is 0 Å². The average molecular weight is 363 g/mol. The molecule has 3 unspecified atom stereocenters. The molecule has 0 saturated heterocycles. The maximum Gasteiger partial charge on any atom is 0.326 e. The number of nitrogens with two attached hydrogens (primary N) is 1. The number of carbonyl (C=O) groups excluding carboxylic acids is 2. The molecule has 138 valence electrons. The third kappa shape index (κ3) is 8.73. The van der Waals surface area contributed by atoms with Gasteiger partial charge in [0.15, 0.2) is 0 Å². The van der Waals surface area contributed by atoms with E-state index in [2.05, 4.69) is 23.3 Å². The second kappa shape index (κ2) is 10.9. The zero-order chi connectivity index (χ0) is 18.9. The molecular formula is C14H25N3O6S. The Kier molecular flexibility index (Phi) is 10.0. The Hall–Kier alpha value is -1.81. The fraction of sp³-hybridized carbons (Fsp3) is 0.714. The molecule has 0 spiro atoms. The number of hydrogen-bond donors (Lipinski definition) is 6. The van der Waals surface area contributed by atoms with Gasteiger partial charge < -0.3 is 26.6 Å². The molecule has 24 heavy (non-hydrogen) atoms. The highest BCUT2D eigenvalue weighted by Gasteiger charge is 2.28. The van der Waals surface area contributed by atoms with Gasteiger partial charge in [0.2, 0.25) is 11.8 Å². The Morgan fingerprint density at radius 1 is 1.04 bits per heavy atom. The van der Waals surface area contributed by atoms with E-state index < -0.39 is 41.9 Å². The van der Waals surface area contributed by atoms with Gasteiger partial charge in [-0.05, 0) is 18.8 Å². The van der Waals surface area contributed by atoms with Crippen LogP contribution in [0.25, 0.3) is 0 Å². The summed E-state index contributed by atoms with van der Waals surface area (Å²) >= 11 is 3.88. The Labute approximate surface area is 145 Å². The summed E-state index contributed by atoms with van der Waals surface area (Å²) in [6.45, 7) is 3.61. The van der Waals surface area contributed by atoms with Crippen LogP contribution in [0.1, 0.15) is 33.1 Å². The van der Waals surface area contributed by atoms with E-state index in [4.69, 9.17) is 15.9 Å². The first-order valence-corrected chi connectivity index (χ1v) is 8.13. The molecule has 0 aliphatic heterocycles. The van der Waals surface area contributed by atoms with Gasteiger partial charge in [0.1, 0.15) is 12.1 Å². The van der Waals surface area contributed by atoms with Crippen molar-refractivity contribution in [3.63, 3.8) is 0 Å². The molecule has 0 bridgehead atoms. The predicted octanol–water partition coefficient (Wildman–Crippen LogP) is -0.791. The van der Waals surface area contributed by atoms with Crippen LogP contribution >= 0.6 is 12.6 Å². The zero-order valence-electron chi connectivity index (χ0n) is 13.7. The van der Waals surface area contributed by atoms with Gasteiger partial charge in [-0.2, -0.15) is 12.6 Å². The van der Waals surface area contributed by atoms with Crippen LogP contribution in [-0.4, -0.2) is 57.8 Å². The standard InChI is InChI=1S/C14H25N3O6S/c1-7(2)5-10(14(22)23)17-13(21)9(3-4-11(18)19)16-12(20)8(15)6-24/h7-10,24H,3-6,15H2,1-2H3,(H,16,20)(H,17,21)(H,18,19)(H,22,23). The molecule has 10 heteroatoms. The van der Waals surface area contributed by atoms with E-state index in [0.717, 1.165) is 0 Å². The first kappa shape index (κ1) is 22.2. The summed E-state index contributed by atoms with van der Waals surface area (Å²) < 4.78 is 0. The van der Waals surface area contributed by atoms with E-state index in [1.165, 1.54) is 0 Å². The molecule has 0 saturated carbocycles. The Morgan fingerprint density at radius 2 is 1.58 bits per heavy atom. The fourth-order valence-corrected chi connectivity index (χ4v) is 2.03.